The third-order valence-corrected chi connectivity index (χ3v) is 4.32. The highest BCUT2D eigenvalue weighted by Gasteiger charge is 2.34. The van der Waals surface area contributed by atoms with Gasteiger partial charge >= 0.3 is 5.97 Å². The summed E-state index contributed by atoms with van der Waals surface area (Å²) >= 11 is 0. The van der Waals surface area contributed by atoms with Gasteiger partial charge in [-0.15, -0.1) is 0 Å². The van der Waals surface area contributed by atoms with Crippen molar-refractivity contribution in [1.82, 2.24) is 4.90 Å². The monoisotopic (exact) mass is 289 g/mol. The summed E-state index contributed by atoms with van der Waals surface area (Å²) in [6.07, 6.45) is 1.62. The molecule has 2 atom stereocenters. The van der Waals surface area contributed by atoms with Gasteiger partial charge in [-0.05, 0) is 24.8 Å². The number of hydrogen-bond acceptors (Lipinski definition) is 3. The van der Waals surface area contributed by atoms with Crippen molar-refractivity contribution in [3.05, 3.63) is 29.8 Å². The van der Waals surface area contributed by atoms with Crippen LogP contribution in [-0.2, 0) is 9.59 Å². The molecule has 0 radical (unpaired) electrons. The molecule has 1 aromatic carbocycles. The van der Waals surface area contributed by atoms with Crippen LogP contribution >= 0.6 is 0 Å². The van der Waals surface area contributed by atoms with Crippen molar-refractivity contribution < 1.29 is 19.4 Å². The highest BCUT2D eigenvalue weighted by molar-refractivity contribution is 5.85. The van der Waals surface area contributed by atoms with Gasteiger partial charge in [0.05, 0.1) is 12.5 Å². The number of rotatable bonds is 3. The molecular formula is C16H19NO4. The Bertz CT molecular complexity index is 557. The van der Waals surface area contributed by atoms with Gasteiger partial charge in [-0.1, -0.05) is 18.2 Å². The van der Waals surface area contributed by atoms with Crippen molar-refractivity contribution in [3.63, 3.8) is 0 Å². The van der Waals surface area contributed by atoms with E-state index in [1.807, 2.05) is 29.2 Å². The number of aliphatic carboxylic acids is 1. The van der Waals surface area contributed by atoms with Crippen LogP contribution < -0.4 is 4.74 Å². The number of para-hydroxylation sites is 1. The maximum absolute atomic E-state index is 12.7. The molecule has 0 aromatic heterocycles. The van der Waals surface area contributed by atoms with Crippen molar-refractivity contribution in [2.24, 2.45) is 5.92 Å². The van der Waals surface area contributed by atoms with Gasteiger partial charge in [0.25, 0.3) is 0 Å². The van der Waals surface area contributed by atoms with Gasteiger partial charge in [0.2, 0.25) is 5.91 Å². The summed E-state index contributed by atoms with van der Waals surface area (Å²) in [5.74, 6) is 0.0489. The Hall–Kier alpha value is -2.04. The van der Waals surface area contributed by atoms with Crippen molar-refractivity contribution in [3.8, 4) is 5.75 Å². The lowest BCUT2D eigenvalue weighted by molar-refractivity contribution is -0.138. The first-order valence-corrected chi connectivity index (χ1v) is 7.37. The van der Waals surface area contributed by atoms with E-state index in [0.717, 1.165) is 17.7 Å². The van der Waals surface area contributed by atoms with Crippen LogP contribution in [0.1, 0.15) is 30.7 Å². The number of ether oxygens (including phenoxy) is 1. The summed E-state index contributed by atoms with van der Waals surface area (Å²) in [5.41, 5.74) is 0.954. The molecule has 0 spiro atoms. The number of amides is 1. The molecule has 2 heterocycles. The molecule has 5 nitrogen and oxygen atoms in total. The fourth-order valence-corrected chi connectivity index (χ4v) is 3.27. The van der Waals surface area contributed by atoms with Gasteiger partial charge in [-0.2, -0.15) is 0 Å². The van der Waals surface area contributed by atoms with E-state index in [2.05, 4.69) is 0 Å². The second-order valence-corrected chi connectivity index (χ2v) is 5.76. The number of carbonyl (C=O) groups is 2. The van der Waals surface area contributed by atoms with E-state index in [0.29, 0.717) is 26.1 Å². The molecule has 21 heavy (non-hydrogen) atoms. The highest BCUT2D eigenvalue weighted by atomic mass is 16.5. The van der Waals surface area contributed by atoms with Gasteiger partial charge in [-0.25, -0.2) is 0 Å². The normalized spacial score (nSPS) is 24.3. The van der Waals surface area contributed by atoms with E-state index in [1.165, 1.54) is 0 Å². The van der Waals surface area contributed by atoms with Crippen LogP contribution in [0.3, 0.4) is 0 Å². The van der Waals surface area contributed by atoms with Gasteiger partial charge in [-0.3, -0.25) is 9.59 Å². The molecule has 1 amide bonds. The largest absolute Gasteiger partial charge is 0.493 e. The number of carboxylic acids is 1. The first kappa shape index (κ1) is 13.9. The summed E-state index contributed by atoms with van der Waals surface area (Å²) < 4.78 is 5.59. The summed E-state index contributed by atoms with van der Waals surface area (Å²) in [4.78, 5) is 25.3. The summed E-state index contributed by atoms with van der Waals surface area (Å²) in [6, 6.07) is 7.67. The summed E-state index contributed by atoms with van der Waals surface area (Å²) in [6.45, 7) is 1.78. The molecule has 2 aliphatic rings. The van der Waals surface area contributed by atoms with Crippen LogP contribution in [-0.4, -0.2) is 41.6 Å². The van der Waals surface area contributed by atoms with Crippen LogP contribution in [0.5, 0.6) is 5.75 Å². The Morgan fingerprint density at radius 2 is 2.10 bits per heavy atom. The fraction of sp³-hybridized carbons (Fsp3) is 0.500. The molecule has 1 aromatic rings. The van der Waals surface area contributed by atoms with E-state index < -0.39 is 5.97 Å². The molecule has 0 bridgehead atoms. The molecule has 3 rings (SSSR count). The number of nitrogens with zero attached hydrogens (tertiary/aromatic N) is 1. The Kier molecular flexibility index (Phi) is 3.82. The molecular weight excluding hydrogens is 270 g/mol. The number of benzene rings is 1. The highest BCUT2D eigenvalue weighted by Crippen LogP contribution is 2.35. The molecule has 1 N–H and O–H groups in total. The maximum atomic E-state index is 12.7. The smallest absolute Gasteiger partial charge is 0.303 e. The Labute approximate surface area is 123 Å². The number of carbonyl (C=O) groups excluding carboxylic acids is 1. The quantitative estimate of drug-likeness (QED) is 0.922. The predicted molar refractivity (Wildman–Crippen MR) is 76.2 cm³/mol. The lowest BCUT2D eigenvalue weighted by Crippen LogP contribution is -2.35. The predicted octanol–water partition coefficient (Wildman–Crippen LogP) is 1.88. The zero-order chi connectivity index (χ0) is 14.8. The third kappa shape index (κ3) is 2.86. The average molecular weight is 289 g/mol. The number of carboxylic acid groups (broad SMARTS) is 1. The van der Waals surface area contributed by atoms with Crippen molar-refractivity contribution in [1.29, 1.82) is 0 Å². The standard InChI is InChI=1S/C16H19NO4/c18-15(19)9-11-5-7-17(10-11)16(20)13-6-8-21-14-4-2-1-3-12(13)14/h1-4,11,13H,5-10H2,(H,18,19). The molecule has 2 unspecified atom stereocenters. The van der Waals surface area contributed by atoms with Crippen LogP contribution in [0.4, 0.5) is 0 Å². The van der Waals surface area contributed by atoms with E-state index >= 15 is 0 Å². The van der Waals surface area contributed by atoms with Gasteiger partial charge in [0, 0.05) is 25.1 Å². The second-order valence-electron chi connectivity index (χ2n) is 5.76. The van der Waals surface area contributed by atoms with Crippen molar-refractivity contribution in [2.45, 2.75) is 25.2 Å². The number of hydrogen-bond donors (Lipinski definition) is 1. The van der Waals surface area contributed by atoms with E-state index in [1.54, 1.807) is 0 Å². The number of likely N-dealkylation sites (tertiary alicyclic amines) is 1. The molecule has 0 saturated carbocycles. The first-order valence-electron chi connectivity index (χ1n) is 7.37. The average Bonchev–Trinajstić information content (AvgIpc) is 2.93. The van der Waals surface area contributed by atoms with Crippen LogP contribution in [0.25, 0.3) is 0 Å². The van der Waals surface area contributed by atoms with Crippen LogP contribution in [0.2, 0.25) is 0 Å². The minimum atomic E-state index is -0.786. The molecule has 0 aliphatic carbocycles. The molecule has 112 valence electrons. The van der Waals surface area contributed by atoms with Gasteiger partial charge < -0.3 is 14.7 Å². The first-order chi connectivity index (χ1) is 10.1. The van der Waals surface area contributed by atoms with Gasteiger partial charge in [0.15, 0.2) is 0 Å². The summed E-state index contributed by atoms with van der Waals surface area (Å²) in [7, 11) is 0. The molecule has 2 aliphatic heterocycles. The number of fused-ring (bicyclic) bond motifs is 1. The van der Waals surface area contributed by atoms with Crippen molar-refractivity contribution in [2.75, 3.05) is 19.7 Å². The van der Waals surface area contributed by atoms with E-state index in [4.69, 9.17) is 9.84 Å². The lowest BCUT2D eigenvalue weighted by atomic mass is 9.92. The maximum Gasteiger partial charge on any atom is 0.303 e. The SMILES string of the molecule is O=C(O)CC1CCN(C(=O)C2CCOc3ccccc32)C1. The molecule has 5 heteroatoms. The molecule has 1 fully saturated rings. The summed E-state index contributed by atoms with van der Waals surface area (Å²) in [5, 5.41) is 8.86. The Morgan fingerprint density at radius 1 is 1.29 bits per heavy atom. The zero-order valence-corrected chi connectivity index (χ0v) is 11.8. The minimum Gasteiger partial charge on any atom is -0.493 e. The minimum absolute atomic E-state index is 0.0848. The van der Waals surface area contributed by atoms with E-state index in [9.17, 15) is 9.59 Å². The zero-order valence-electron chi connectivity index (χ0n) is 11.8. The Balaban J connectivity index is 1.71. The van der Waals surface area contributed by atoms with Crippen LogP contribution in [0.15, 0.2) is 24.3 Å². The van der Waals surface area contributed by atoms with Crippen LogP contribution in [0, 0.1) is 5.92 Å². The van der Waals surface area contributed by atoms with Gasteiger partial charge in [0.1, 0.15) is 5.75 Å². The lowest BCUT2D eigenvalue weighted by Gasteiger charge is -2.28. The fourth-order valence-electron chi connectivity index (χ4n) is 3.27. The molecule has 1 saturated heterocycles. The van der Waals surface area contributed by atoms with E-state index in [-0.39, 0.29) is 24.2 Å². The van der Waals surface area contributed by atoms with Crippen molar-refractivity contribution >= 4 is 11.9 Å². The second kappa shape index (κ2) is 5.76. The third-order valence-electron chi connectivity index (χ3n) is 4.32. The Morgan fingerprint density at radius 3 is 2.90 bits per heavy atom. The topological polar surface area (TPSA) is 66.8 Å².